The Bertz CT molecular complexity index is 756. The summed E-state index contributed by atoms with van der Waals surface area (Å²) in [6.45, 7) is 0. The summed E-state index contributed by atoms with van der Waals surface area (Å²) in [5, 5.41) is 0. The molecule has 0 radical (unpaired) electrons. The Morgan fingerprint density at radius 3 is 2.88 bits per heavy atom. The van der Waals surface area contributed by atoms with Gasteiger partial charge in [0, 0.05) is 0 Å². The summed E-state index contributed by atoms with van der Waals surface area (Å²) in [5.74, 6) is 0.524. The van der Waals surface area contributed by atoms with E-state index in [-0.39, 0.29) is 22.7 Å². The molecule has 0 atom stereocenters. The van der Waals surface area contributed by atoms with Gasteiger partial charge < -0.3 is 15.1 Å². The van der Waals surface area contributed by atoms with Crippen LogP contribution in [0.15, 0.2) is 26.2 Å². The highest BCUT2D eigenvalue weighted by molar-refractivity contribution is 9.10. The molecule has 17 heavy (non-hydrogen) atoms. The molecule has 0 saturated heterocycles. The Morgan fingerprint density at radius 1 is 1.35 bits per heavy atom. The largest absolute Gasteiger partial charge is 0.457 e. The summed E-state index contributed by atoms with van der Waals surface area (Å²) < 4.78 is 5.62. The molecule has 0 aliphatic heterocycles. The second-order valence-corrected chi connectivity index (χ2v) is 4.06. The van der Waals surface area contributed by atoms with Gasteiger partial charge in [-0.05, 0) is 22.0 Å². The zero-order valence-corrected chi connectivity index (χ0v) is 9.91. The highest BCUT2D eigenvalue weighted by Gasteiger charge is 2.13. The molecule has 3 rings (SSSR count). The third-order valence-corrected chi connectivity index (χ3v) is 2.87. The van der Waals surface area contributed by atoms with Crippen LogP contribution in [-0.4, -0.2) is 19.9 Å². The number of hydrogen-bond donors (Lipinski definition) is 3. The summed E-state index contributed by atoms with van der Waals surface area (Å²) in [6.07, 6.45) is 1.51. The van der Waals surface area contributed by atoms with E-state index in [0.29, 0.717) is 16.1 Å². The molecule has 0 unspecified atom stereocenters. The van der Waals surface area contributed by atoms with E-state index in [1.54, 1.807) is 6.07 Å². The van der Waals surface area contributed by atoms with Gasteiger partial charge in [-0.15, -0.1) is 0 Å². The van der Waals surface area contributed by atoms with E-state index in [2.05, 4.69) is 35.9 Å². The smallest absolute Gasteiger partial charge is 0.278 e. The van der Waals surface area contributed by atoms with Crippen molar-refractivity contribution in [2.45, 2.75) is 0 Å². The van der Waals surface area contributed by atoms with E-state index >= 15 is 0 Å². The number of rotatable bonds is 1. The fraction of sp³-hybridized carbons (Fsp3) is 0. The minimum atomic E-state index is -0.356. The Labute approximate surface area is 102 Å². The lowest BCUT2D eigenvalue weighted by Gasteiger charge is -1.89. The molecule has 0 aromatic carbocycles. The summed E-state index contributed by atoms with van der Waals surface area (Å²) in [5.41, 5.74) is 6.34. The molecule has 8 heteroatoms. The van der Waals surface area contributed by atoms with Crippen LogP contribution in [0.5, 0.6) is 0 Å². The van der Waals surface area contributed by atoms with Gasteiger partial charge in [0.1, 0.15) is 5.82 Å². The number of imidazole rings is 1. The van der Waals surface area contributed by atoms with Crippen molar-refractivity contribution in [3.05, 3.63) is 27.4 Å². The van der Waals surface area contributed by atoms with Gasteiger partial charge in [0.25, 0.3) is 5.56 Å². The van der Waals surface area contributed by atoms with Crippen LogP contribution in [0, 0.1) is 0 Å². The number of fused-ring (bicyclic) bond motifs is 1. The number of nitrogens with two attached hydrogens (primary N) is 1. The van der Waals surface area contributed by atoms with Crippen LogP contribution in [0.3, 0.4) is 0 Å². The van der Waals surface area contributed by atoms with Crippen molar-refractivity contribution in [2.75, 3.05) is 5.73 Å². The molecule has 3 aromatic heterocycles. The molecule has 0 amide bonds. The molecule has 0 fully saturated rings. The first-order chi connectivity index (χ1) is 8.15. The van der Waals surface area contributed by atoms with Gasteiger partial charge in [-0.1, -0.05) is 0 Å². The first kappa shape index (κ1) is 10.1. The monoisotopic (exact) mass is 295 g/mol. The Kier molecular flexibility index (Phi) is 2.05. The number of anilines is 1. The van der Waals surface area contributed by atoms with Crippen molar-refractivity contribution >= 4 is 33.0 Å². The van der Waals surface area contributed by atoms with Crippen LogP contribution < -0.4 is 11.3 Å². The van der Waals surface area contributed by atoms with Crippen molar-refractivity contribution < 1.29 is 4.42 Å². The number of aromatic nitrogens is 4. The van der Waals surface area contributed by atoms with Gasteiger partial charge >= 0.3 is 0 Å². The highest BCUT2D eigenvalue weighted by Crippen LogP contribution is 2.27. The number of hydrogen-bond acceptors (Lipinski definition) is 5. The third-order valence-electron chi connectivity index (χ3n) is 2.25. The maximum Gasteiger partial charge on any atom is 0.278 e. The normalized spacial score (nSPS) is 11.1. The zero-order chi connectivity index (χ0) is 12.0. The quantitative estimate of drug-likeness (QED) is 0.625. The second-order valence-electron chi connectivity index (χ2n) is 3.34. The van der Waals surface area contributed by atoms with E-state index in [9.17, 15) is 4.79 Å². The molecule has 3 heterocycles. The minimum Gasteiger partial charge on any atom is -0.457 e. The van der Waals surface area contributed by atoms with Crippen LogP contribution in [0.1, 0.15) is 0 Å². The molecule has 0 aliphatic rings. The van der Waals surface area contributed by atoms with Crippen molar-refractivity contribution in [1.82, 2.24) is 19.9 Å². The summed E-state index contributed by atoms with van der Waals surface area (Å²) in [7, 11) is 0. The molecule has 4 N–H and O–H groups in total. The lowest BCUT2D eigenvalue weighted by molar-refractivity contribution is 0.542. The van der Waals surface area contributed by atoms with Gasteiger partial charge in [-0.25, -0.2) is 4.98 Å². The minimum absolute atomic E-state index is 0.0341. The number of nitrogens with one attached hydrogen (secondary N) is 2. The fourth-order valence-electron chi connectivity index (χ4n) is 1.51. The molecule has 86 valence electrons. The predicted molar refractivity (Wildman–Crippen MR) is 64.3 cm³/mol. The average Bonchev–Trinajstić information content (AvgIpc) is 2.83. The first-order valence-electron chi connectivity index (χ1n) is 4.64. The van der Waals surface area contributed by atoms with Crippen molar-refractivity contribution in [2.24, 2.45) is 0 Å². The Balaban J connectivity index is 2.31. The van der Waals surface area contributed by atoms with Crippen LogP contribution >= 0.6 is 15.9 Å². The molecule has 0 bridgehead atoms. The molecule has 0 aliphatic carbocycles. The van der Waals surface area contributed by atoms with E-state index < -0.39 is 0 Å². The van der Waals surface area contributed by atoms with E-state index in [1.165, 1.54) is 6.26 Å². The molecular formula is C9H6BrN5O2. The number of nitrogens with zero attached hydrogens (tertiary/aromatic N) is 2. The summed E-state index contributed by atoms with van der Waals surface area (Å²) in [6, 6.07) is 1.72. The fourth-order valence-corrected chi connectivity index (χ4v) is 1.94. The molecule has 0 spiro atoms. The Hall–Kier alpha value is -2.09. The number of aromatic amines is 2. The summed E-state index contributed by atoms with van der Waals surface area (Å²) >= 11 is 3.24. The van der Waals surface area contributed by atoms with Gasteiger partial charge in [-0.2, -0.15) is 4.98 Å². The van der Waals surface area contributed by atoms with Crippen molar-refractivity contribution in [3.8, 4) is 11.4 Å². The average molecular weight is 296 g/mol. The van der Waals surface area contributed by atoms with Gasteiger partial charge in [-0.3, -0.25) is 9.78 Å². The first-order valence-corrected chi connectivity index (χ1v) is 5.43. The third kappa shape index (κ3) is 1.53. The van der Waals surface area contributed by atoms with Crippen LogP contribution in [0.2, 0.25) is 0 Å². The molecule has 0 saturated carbocycles. The predicted octanol–water partition coefficient (Wildman–Crippen LogP) is 1.25. The van der Waals surface area contributed by atoms with Gasteiger partial charge in [0.15, 0.2) is 15.8 Å². The lowest BCUT2D eigenvalue weighted by atomic mass is 10.3. The molecular weight excluding hydrogens is 290 g/mol. The van der Waals surface area contributed by atoms with Crippen LogP contribution in [0.4, 0.5) is 5.95 Å². The van der Waals surface area contributed by atoms with E-state index in [0.717, 1.165) is 0 Å². The van der Waals surface area contributed by atoms with E-state index in [1.807, 2.05) is 0 Å². The number of halogens is 1. The van der Waals surface area contributed by atoms with Gasteiger partial charge in [0.05, 0.1) is 11.8 Å². The summed E-state index contributed by atoms with van der Waals surface area (Å²) in [4.78, 5) is 25.0. The van der Waals surface area contributed by atoms with Crippen LogP contribution in [0.25, 0.3) is 22.6 Å². The molecule has 3 aromatic rings. The maximum atomic E-state index is 11.6. The van der Waals surface area contributed by atoms with Crippen molar-refractivity contribution in [1.29, 1.82) is 0 Å². The van der Waals surface area contributed by atoms with Gasteiger partial charge in [0.2, 0.25) is 5.95 Å². The number of nitrogen functional groups attached to an aromatic ring is 1. The highest BCUT2D eigenvalue weighted by atomic mass is 79.9. The number of H-pyrrole nitrogens is 2. The second kappa shape index (κ2) is 3.45. The topological polar surface area (TPSA) is 114 Å². The SMILES string of the molecule is Nc1nc2nc(-c3ccoc3Br)[nH]c2c(=O)[nH]1. The lowest BCUT2D eigenvalue weighted by Crippen LogP contribution is -2.10. The maximum absolute atomic E-state index is 11.6. The van der Waals surface area contributed by atoms with Crippen molar-refractivity contribution in [3.63, 3.8) is 0 Å². The molecule has 7 nitrogen and oxygen atoms in total. The van der Waals surface area contributed by atoms with Crippen LogP contribution in [-0.2, 0) is 0 Å². The Morgan fingerprint density at radius 2 is 2.18 bits per heavy atom. The zero-order valence-electron chi connectivity index (χ0n) is 8.32. The standard InChI is InChI=1S/C9H6BrN5O2/c10-5-3(1-2-17-5)6-12-4-7(13-6)14-9(11)15-8(4)16/h1-2H,(H4,11,12,13,14,15,16). The van der Waals surface area contributed by atoms with E-state index in [4.69, 9.17) is 10.2 Å². The number of furan rings is 1.